The Morgan fingerprint density at radius 1 is 1.43 bits per heavy atom. The number of aromatic amines is 1. The van der Waals surface area contributed by atoms with Crippen LogP contribution in [0.15, 0.2) is 23.0 Å². The Labute approximate surface area is 79.6 Å². The van der Waals surface area contributed by atoms with Crippen LogP contribution in [-0.4, -0.2) is 16.3 Å². The van der Waals surface area contributed by atoms with Crippen molar-refractivity contribution in [3.8, 4) is 0 Å². The zero-order chi connectivity index (χ0) is 10.1. The van der Waals surface area contributed by atoms with Crippen LogP contribution in [-0.2, 0) is 0 Å². The molecular weight excluding hydrogens is 180 g/mol. The molecule has 70 valence electrons. The Kier molecular flexibility index (Phi) is 1.89. The van der Waals surface area contributed by atoms with Crippen LogP contribution in [0.2, 0.25) is 0 Å². The van der Waals surface area contributed by atoms with Crippen molar-refractivity contribution in [2.75, 3.05) is 0 Å². The van der Waals surface area contributed by atoms with E-state index in [1.807, 2.05) is 0 Å². The van der Waals surface area contributed by atoms with Gasteiger partial charge in [0.15, 0.2) is 0 Å². The summed E-state index contributed by atoms with van der Waals surface area (Å²) in [6.07, 6.45) is 0.707. The number of aromatic nitrogens is 2. The fourth-order valence-electron chi connectivity index (χ4n) is 1.35. The highest BCUT2D eigenvalue weighted by molar-refractivity contribution is 5.86. The van der Waals surface area contributed by atoms with E-state index in [-0.39, 0.29) is 5.56 Å². The predicted octanol–water partition coefficient (Wildman–Crippen LogP) is 1.04. The molecule has 2 aromatic rings. The third-order valence-corrected chi connectivity index (χ3v) is 1.98. The molecule has 0 saturated heterocycles. The number of hydrogen-bond acceptors (Lipinski definition) is 3. The number of aldehydes is 1. The summed E-state index contributed by atoms with van der Waals surface area (Å²) in [5.74, 6) is 0.571. The first-order valence-electron chi connectivity index (χ1n) is 4.16. The molecule has 0 saturated carbocycles. The SMILES string of the molecule is Cc1nc2ccc(C=O)cc2c(=O)[nH]1. The molecule has 14 heavy (non-hydrogen) atoms. The quantitative estimate of drug-likeness (QED) is 0.680. The lowest BCUT2D eigenvalue weighted by molar-refractivity contribution is 0.112. The molecule has 4 nitrogen and oxygen atoms in total. The molecule has 1 heterocycles. The average Bonchev–Trinajstić information content (AvgIpc) is 2.17. The highest BCUT2D eigenvalue weighted by Crippen LogP contribution is 2.08. The van der Waals surface area contributed by atoms with E-state index >= 15 is 0 Å². The average molecular weight is 188 g/mol. The first kappa shape index (κ1) is 8.62. The molecule has 0 unspecified atom stereocenters. The maximum Gasteiger partial charge on any atom is 0.258 e. The fraction of sp³-hybridized carbons (Fsp3) is 0.100. The van der Waals surface area contributed by atoms with Crippen molar-refractivity contribution < 1.29 is 4.79 Å². The van der Waals surface area contributed by atoms with Gasteiger partial charge in [-0.2, -0.15) is 0 Å². The number of fused-ring (bicyclic) bond motifs is 1. The van der Waals surface area contributed by atoms with Crippen LogP contribution in [0.25, 0.3) is 10.9 Å². The molecule has 0 aliphatic rings. The number of hydrogen-bond donors (Lipinski definition) is 1. The van der Waals surface area contributed by atoms with Crippen LogP contribution in [0, 0.1) is 6.92 Å². The summed E-state index contributed by atoms with van der Waals surface area (Å²) in [6.45, 7) is 1.72. The molecule has 0 bridgehead atoms. The zero-order valence-electron chi connectivity index (χ0n) is 7.57. The van der Waals surface area contributed by atoms with Crippen molar-refractivity contribution in [3.05, 3.63) is 39.9 Å². The van der Waals surface area contributed by atoms with Gasteiger partial charge in [0.2, 0.25) is 0 Å². The molecular formula is C10H8N2O2. The Balaban J connectivity index is 2.89. The third kappa shape index (κ3) is 1.31. The minimum absolute atomic E-state index is 0.212. The molecule has 0 radical (unpaired) electrons. The first-order chi connectivity index (χ1) is 6.70. The smallest absolute Gasteiger partial charge is 0.258 e. The van der Waals surface area contributed by atoms with Gasteiger partial charge in [0, 0.05) is 5.56 Å². The van der Waals surface area contributed by atoms with Crippen molar-refractivity contribution in [2.45, 2.75) is 6.92 Å². The number of nitrogens with zero attached hydrogens (tertiary/aromatic N) is 1. The van der Waals surface area contributed by atoms with Gasteiger partial charge in [-0.1, -0.05) is 0 Å². The molecule has 1 N–H and O–H groups in total. The maximum atomic E-state index is 11.5. The Morgan fingerprint density at radius 3 is 2.93 bits per heavy atom. The maximum absolute atomic E-state index is 11.5. The van der Waals surface area contributed by atoms with E-state index in [2.05, 4.69) is 9.97 Å². The van der Waals surface area contributed by atoms with E-state index in [0.29, 0.717) is 28.6 Å². The van der Waals surface area contributed by atoms with E-state index in [0.717, 1.165) is 0 Å². The Morgan fingerprint density at radius 2 is 2.21 bits per heavy atom. The molecule has 0 atom stereocenters. The van der Waals surface area contributed by atoms with Crippen LogP contribution in [0.4, 0.5) is 0 Å². The Bertz CT molecular complexity index is 558. The monoisotopic (exact) mass is 188 g/mol. The Hall–Kier alpha value is -1.97. The molecule has 0 aliphatic heterocycles. The molecule has 0 amide bonds. The van der Waals surface area contributed by atoms with E-state index in [1.54, 1.807) is 19.1 Å². The summed E-state index contributed by atoms with van der Waals surface area (Å²) in [6, 6.07) is 4.84. The van der Waals surface area contributed by atoms with Gasteiger partial charge in [0.05, 0.1) is 10.9 Å². The number of aryl methyl sites for hydroxylation is 1. The van der Waals surface area contributed by atoms with Gasteiger partial charge in [-0.15, -0.1) is 0 Å². The van der Waals surface area contributed by atoms with Gasteiger partial charge in [-0.25, -0.2) is 4.98 Å². The summed E-state index contributed by atoms with van der Waals surface area (Å²) in [7, 11) is 0. The highest BCUT2D eigenvalue weighted by Gasteiger charge is 2.01. The lowest BCUT2D eigenvalue weighted by atomic mass is 10.1. The van der Waals surface area contributed by atoms with Crippen molar-refractivity contribution in [1.29, 1.82) is 0 Å². The van der Waals surface area contributed by atoms with E-state index in [4.69, 9.17) is 0 Å². The number of carbonyl (C=O) groups is 1. The summed E-state index contributed by atoms with van der Waals surface area (Å²) in [5.41, 5.74) is 0.877. The van der Waals surface area contributed by atoms with Crippen molar-refractivity contribution in [3.63, 3.8) is 0 Å². The summed E-state index contributed by atoms with van der Waals surface area (Å²) in [4.78, 5) is 28.7. The van der Waals surface area contributed by atoms with Crippen LogP contribution >= 0.6 is 0 Å². The van der Waals surface area contributed by atoms with Crippen molar-refractivity contribution in [2.24, 2.45) is 0 Å². The van der Waals surface area contributed by atoms with Crippen LogP contribution < -0.4 is 5.56 Å². The summed E-state index contributed by atoms with van der Waals surface area (Å²) < 4.78 is 0. The summed E-state index contributed by atoms with van der Waals surface area (Å²) in [5, 5.41) is 0.445. The van der Waals surface area contributed by atoms with Gasteiger partial charge < -0.3 is 4.98 Å². The lowest BCUT2D eigenvalue weighted by Crippen LogP contribution is -2.09. The minimum Gasteiger partial charge on any atom is -0.310 e. The number of rotatable bonds is 1. The van der Waals surface area contributed by atoms with Gasteiger partial charge in [0.1, 0.15) is 12.1 Å². The van der Waals surface area contributed by atoms with Gasteiger partial charge in [-0.05, 0) is 25.1 Å². The molecule has 2 rings (SSSR count). The van der Waals surface area contributed by atoms with Crippen molar-refractivity contribution in [1.82, 2.24) is 9.97 Å². The van der Waals surface area contributed by atoms with Gasteiger partial charge in [0.25, 0.3) is 5.56 Å². The molecule has 1 aromatic carbocycles. The first-order valence-corrected chi connectivity index (χ1v) is 4.16. The number of benzene rings is 1. The van der Waals surface area contributed by atoms with Gasteiger partial charge in [-0.3, -0.25) is 9.59 Å². The molecule has 0 spiro atoms. The molecule has 0 aliphatic carbocycles. The molecule has 4 heteroatoms. The largest absolute Gasteiger partial charge is 0.310 e. The molecule has 0 fully saturated rings. The highest BCUT2D eigenvalue weighted by atomic mass is 16.1. The van der Waals surface area contributed by atoms with Crippen molar-refractivity contribution >= 4 is 17.2 Å². The van der Waals surface area contributed by atoms with Crippen LogP contribution in [0.3, 0.4) is 0 Å². The summed E-state index contributed by atoms with van der Waals surface area (Å²) >= 11 is 0. The number of nitrogens with one attached hydrogen (secondary N) is 1. The van der Waals surface area contributed by atoms with Crippen LogP contribution in [0.5, 0.6) is 0 Å². The predicted molar refractivity (Wildman–Crippen MR) is 52.5 cm³/mol. The minimum atomic E-state index is -0.212. The normalized spacial score (nSPS) is 10.4. The van der Waals surface area contributed by atoms with E-state index in [1.165, 1.54) is 6.07 Å². The second-order valence-corrected chi connectivity index (χ2v) is 3.05. The fourth-order valence-corrected chi connectivity index (χ4v) is 1.35. The third-order valence-electron chi connectivity index (χ3n) is 1.98. The topological polar surface area (TPSA) is 62.8 Å². The van der Waals surface area contributed by atoms with E-state index < -0.39 is 0 Å². The second-order valence-electron chi connectivity index (χ2n) is 3.05. The number of carbonyl (C=O) groups excluding carboxylic acids is 1. The zero-order valence-corrected chi connectivity index (χ0v) is 7.57. The van der Waals surface area contributed by atoms with Gasteiger partial charge >= 0.3 is 0 Å². The van der Waals surface area contributed by atoms with Crippen LogP contribution in [0.1, 0.15) is 16.2 Å². The van der Waals surface area contributed by atoms with E-state index in [9.17, 15) is 9.59 Å². The second kappa shape index (κ2) is 3.06. The lowest BCUT2D eigenvalue weighted by Gasteiger charge is -1.98. The standard InChI is InChI=1S/C10H8N2O2/c1-6-11-9-3-2-7(5-13)4-8(9)10(14)12-6/h2-5H,1H3,(H,11,12,14). The molecule has 1 aromatic heterocycles. The number of H-pyrrole nitrogens is 1.